The van der Waals surface area contributed by atoms with E-state index in [2.05, 4.69) is 52.0 Å². The standard InChI is InChI=1S/2C8H11.Zr/c2*1-3-8-6-4-5-7(8)2;/h2*4H,3,6H2,1-2H3;/q2*-1;+2. The summed E-state index contributed by atoms with van der Waals surface area (Å²) in [5.41, 5.74) is 5.80. The van der Waals surface area contributed by atoms with E-state index in [-0.39, 0.29) is 26.2 Å². The van der Waals surface area contributed by atoms with Gasteiger partial charge in [0.2, 0.25) is 0 Å². The van der Waals surface area contributed by atoms with Crippen LogP contribution in [0.5, 0.6) is 0 Å². The van der Waals surface area contributed by atoms with Crippen LogP contribution in [0.1, 0.15) is 53.4 Å². The van der Waals surface area contributed by atoms with Gasteiger partial charge in [0.1, 0.15) is 0 Å². The molecule has 90 valence electrons. The maximum Gasteiger partial charge on any atom is 2.00 e. The molecule has 0 nitrogen and oxygen atoms in total. The Labute approximate surface area is 126 Å². The molecule has 0 aromatic rings. The Balaban J connectivity index is 0.000000284. The summed E-state index contributed by atoms with van der Waals surface area (Å²) in [5.74, 6) is 0. The molecule has 0 fully saturated rings. The van der Waals surface area contributed by atoms with Crippen LogP contribution < -0.4 is 0 Å². The minimum absolute atomic E-state index is 0. The SMILES string of the molecule is CCC1=C(C)[C-]=CC1.CCC1=C(C)[C-]=CC1.[Zr+2]. The Morgan fingerprint density at radius 2 is 1.24 bits per heavy atom. The van der Waals surface area contributed by atoms with Crippen molar-refractivity contribution >= 4 is 0 Å². The molecule has 0 saturated carbocycles. The molecule has 0 saturated heterocycles. The number of hydrogen-bond donors (Lipinski definition) is 0. The Kier molecular flexibility index (Phi) is 8.78. The second kappa shape index (κ2) is 8.86. The first-order valence-corrected chi connectivity index (χ1v) is 6.22. The number of rotatable bonds is 2. The molecular weight excluding hydrogens is 283 g/mol. The Bertz CT molecular complexity index is 318. The van der Waals surface area contributed by atoms with Gasteiger partial charge in [-0.2, -0.15) is 12.2 Å². The van der Waals surface area contributed by atoms with Crippen LogP contribution in [-0.2, 0) is 26.2 Å². The molecule has 0 unspecified atom stereocenters. The van der Waals surface area contributed by atoms with Crippen molar-refractivity contribution in [3.8, 4) is 0 Å². The second-order valence-electron chi connectivity index (χ2n) is 4.27. The van der Waals surface area contributed by atoms with Gasteiger partial charge in [0.15, 0.2) is 0 Å². The molecule has 0 aliphatic heterocycles. The van der Waals surface area contributed by atoms with Gasteiger partial charge in [-0.05, 0) is 0 Å². The zero-order valence-electron chi connectivity index (χ0n) is 11.5. The summed E-state index contributed by atoms with van der Waals surface area (Å²) in [6.45, 7) is 8.64. The molecule has 2 aliphatic rings. The van der Waals surface area contributed by atoms with Crippen molar-refractivity contribution in [2.24, 2.45) is 0 Å². The Morgan fingerprint density at radius 1 is 0.882 bits per heavy atom. The first kappa shape index (κ1) is 16.8. The first-order chi connectivity index (χ1) is 7.69. The van der Waals surface area contributed by atoms with Crippen molar-refractivity contribution in [1.82, 2.24) is 0 Å². The minimum Gasteiger partial charge on any atom is -0.253 e. The minimum atomic E-state index is 0. The molecule has 0 atom stereocenters. The van der Waals surface area contributed by atoms with Crippen LogP contribution >= 0.6 is 0 Å². The van der Waals surface area contributed by atoms with Gasteiger partial charge in [0, 0.05) is 0 Å². The van der Waals surface area contributed by atoms with E-state index in [9.17, 15) is 0 Å². The van der Waals surface area contributed by atoms with Gasteiger partial charge in [-0.1, -0.05) is 40.5 Å². The summed E-state index contributed by atoms with van der Waals surface area (Å²) >= 11 is 0. The summed E-state index contributed by atoms with van der Waals surface area (Å²) in [5, 5.41) is 0. The summed E-state index contributed by atoms with van der Waals surface area (Å²) < 4.78 is 0. The van der Waals surface area contributed by atoms with Gasteiger partial charge in [-0.25, -0.2) is 22.3 Å². The first-order valence-electron chi connectivity index (χ1n) is 6.22. The summed E-state index contributed by atoms with van der Waals surface area (Å²) in [6, 6.07) is 0. The molecule has 0 N–H and O–H groups in total. The largest absolute Gasteiger partial charge is 2.00 e. The molecule has 0 spiro atoms. The van der Waals surface area contributed by atoms with Crippen molar-refractivity contribution < 1.29 is 26.2 Å². The van der Waals surface area contributed by atoms with Gasteiger partial charge in [-0.3, -0.25) is 12.2 Å². The van der Waals surface area contributed by atoms with E-state index in [4.69, 9.17) is 0 Å². The van der Waals surface area contributed by atoms with Gasteiger partial charge in [0.25, 0.3) is 0 Å². The third-order valence-electron chi connectivity index (χ3n) is 3.25. The van der Waals surface area contributed by atoms with E-state index < -0.39 is 0 Å². The van der Waals surface area contributed by atoms with Crippen molar-refractivity contribution in [1.29, 1.82) is 0 Å². The normalized spacial score (nSPS) is 17.2. The maximum atomic E-state index is 3.18. The van der Waals surface area contributed by atoms with Gasteiger partial charge in [-0.15, -0.1) is 12.8 Å². The molecule has 17 heavy (non-hydrogen) atoms. The van der Waals surface area contributed by atoms with Gasteiger partial charge < -0.3 is 0 Å². The molecule has 0 bridgehead atoms. The second-order valence-corrected chi connectivity index (χ2v) is 4.27. The zero-order chi connectivity index (χ0) is 12.0. The predicted molar refractivity (Wildman–Crippen MR) is 70.8 cm³/mol. The molecule has 0 aromatic carbocycles. The number of hydrogen-bond acceptors (Lipinski definition) is 0. The van der Waals surface area contributed by atoms with Crippen LogP contribution in [0.25, 0.3) is 0 Å². The van der Waals surface area contributed by atoms with E-state index in [0.717, 1.165) is 12.8 Å². The van der Waals surface area contributed by atoms with Crippen molar-refractivity contribution in [3.05, 3.63) is 46.6 Å². The molecular formula is C16H22Zr. The zero-order valence-corrected chi connectivity index (χ0v) is 13.9. The van der Waals surface area contributed by atoms with E-state index >= 15 is 0 Å². The fraction of sp³-hybridized carbons (Fsp3) is 0.500. The monoisotopic (exact) mass is 304 g/mol. The van der Waals surface area contributed by atoms with Crippen LogP contribution in [0.4, 0.5) is 0 Å². The van der Waals surface area contributed by atoms with Crippen molar-refractivity contribution in [3.63, 3.8) is 0 Å². The average Bonchev–Trinajstić information content (AvgIpc) is 2.87. The molecule has 0 amide bonds. The Morgan fingerprint density at radius 3 is 1.35 bits per heavy atom. The summed E-state index contributed by atoms with van der Waals surface area (Å²) in [6.07, 6.45) is 15.2. The fourth-order valence-corrected chi connectivity index (χ4v) is 1.98. The van der Waals surface area contributed by atoms with Crippen LogP contribution in [0.2, 0.25) is 0 Å². The van der Waals surface area contributed by atoms with E-state index in [1.54, 1.807) is 11.1 Å². The third kappa shape index (κ3) is 5.34. The predicted octanol–water partition coefficient (Wildman–Crippen LogP) is 4.95. The molecule has 0 aromatic heterocycles. The Hall–Kier alpha value is -0.157. The van der Waals surface area contributed by atoms with E-state index in [1.807, 2.05) is 0 Å². The van der Waals surface area contributed by atoms with Crippen LogP contribution in [0.15, 0.2) is 34.4 Å². The van der Waals surface area contributed by atoms with Crippen LogP contribution in [-0.4, -0.2) is 0 Å². The average molecular weight is 306 g/mol. The maximum absolute atomic E-state index is 3.18. The molecule has 0 heterocycles. The summed E-state index contributed by atoms with van der Waals surface area (Å²) in [7, 11) is 0. The van der Waals surface area contributed by atoms with Crippen molar-refractivity contribution in [2.45, 2.75) is 53.4 Å². The van der Waals surface area contributed by atoms with E-state index in [0.29, 0.717) is 0 Å². The quantitative estimate of drug-likeness (QED) is 0.633. The van der Waals surface area contributed by atoms with Crippen molar-refractivity contribution in [2.75, 3.05) is 0 Å². The van der Waals surface area contributed by atoms with Gasteiger partial charge in [0.05, 0.1) is 0 Å². The smallest absolute Gasteiger partial charge is 0.253 e. The molecule has 2 rings (SSSR count). The van der Waals surface area contributed by atoms with E-state index in [1.165, 1.54) is 24.0 Å². The number of allylic oxidation sites excluding steroid dienone is 8. The van der Waals surface area contributed by atoms with Crippen LogP contribution in [0, 0.1) is 12.2 Å². The molecule has 1 heteroatoms. The fourth-order valence-electron chi connectivity index (χ4n) is 1.98. The molecule has 2 aliphatic carbocycles. The van der Waals surface area contributed by atoms with Crippen LogP contribution in [0.3, 0.4) is 0 Å². The summed E-state index contributed by atoms with van der Waals surface area (Å²) in [4.78, 5) is 0. The topological polar surface area (TPSA) is 0 Å². The molecule has 0 radical (unpaired) electrons. The third-order valence-corrected chi connectivity index (χ3v) is 3.25. The van der Waals surface area contributed by atoms with Gasteiger partial charge >= 0.3 is 26.2 Å².